The first-order valence-corrected chi connectivity index (χ1v) is 11.4. The van der Waals surface area contributed by atoms with Crippen LogP contribution in [-0.4, -0.2) is 69.2 Å². The van der Waals surface area contributed by atoms with Crippen LogP contribution in [0.4, 0.5) is 0 Å². The smallest absolute Gasteiger partial charge is 0.193 e. The number of thiophene rings is 1. The first-order valence-electron chi connectivity index (χ1n) is 10.5. The molecule has 1 N–H and O–H groups in total. The van der Waals surface area contributed by atoms with Crippen molar-refractivity contribution in [2.45, 2.75) is 38.1 Å². The number of nitrogens with one attached hydrogen (secondary N) is 1. The fourth-order valence-corrected chi connectivity index (χ4v) is 6.25. The third-order valence-corrected chi connectivity index (χ3v) is 7.81. The van der Waals surface area contributed by atoms with Gasteiger partial charge in [0.05, 0.1) is 0 Å². The number of hydrogen-bond donors (Lipinski definition) is 1. The maximum absolute atomic E-state index is 5.59. The van der Waals surface area contributed by atoms with Crippen molar-refractivity contribution in [3.8, 4) is 0 Å². The third kappa shape index (κ3) is 4.17. The van der Waals surface area contributed by atoms with Crippen LogP contribution < -0.4 is 5.32 Å². The molecule has 5 nitrogen and oxygen atoms in total. The van der Waals surface area contributed by atoms with Crippen LogP contribution in [0.1, 0.15) is 43.0 Å². The molecule has 2 atom stereocenters. The molecule has 3 saturated heterocycles. The summed E-state index contributed by atoms with van der Waals surface area (Å²) in [6.07, 6.45) is 6.26. The molecule has 4 rings (SSSR count). The molecule has 2 unspecified atom stereocenters. The first-order chi connectivity index (χ1) is 13.2. The van der Waals surface area contributed by atoms with Crippen molar-refractivity contribution in [3.05, 3.63) is 22.4 Å². The maximum Gasteiger partial charge on any atom is 0.193 e. The molecule has 0 aliphatic carbocycles. The van der Waals surface area contributed by atoms with E-state index < -0.39 is 0 Å². The summed E-state index contributed by atoms with van der Waals surface area (Å²) in [4.78, 5) is 11.2. The second-order valence-electron chi connectivity index (χ2n) is 8.56. The van der Waals surface area contributed by atoms with Crippen LogP contribution in [0, 0.1) is 11.3 Å². The number of rotatable bonds is 3. The van der Waals surface area contributed by atoms with Gasteiger partial charge < -0.3 is 15.0 Å². The Hall–Kier alpha value is -1.11. The number of piperidine rings is 1. The van der Waals surface area contributed by atoms with E-state index in [4.69, 9.17) is 4.74 Å². The van der Waals surface area contributed by atoms with Crippen LogP contribution in [0.3, 0.4) is 0 Å². The normalized spacial score (nSPS) is 29.4. The van der Waals surface area contributed by atoms with Crippen LogP contribution in [-0.2, 0) is 4.74 Å². The van der Waals surface area contributed by atoms with Gasteiger partial charge >= 0.3 is 0 Å². The molecule has 1 aromatic rings. The van der Waals surface area contributed by atoms with E-state index in [0.29, 0.717) is 17.4 Å². The molecule has 1 spiro atoms. The Morgan fingerprint density at radius 3 is 2.93 bits per heavy atom. The molecule has 150 valence electrons. The molecule has 1 aromatic heterocycles. The summed E-state index contributed by atoms with van der Waals surface area (Å²) in [6, 6.07) is 5.02. The Labute approximate surface area is 167 Å². The monoisotopic (exact) mass is 390 g/mol. The lowest BCUT2D eigenvalue weighted by atomic mass is 9.80. The lowest BCUT2D eigenvalue weighted by molar-refractivity contribution is 0.0217. The van der Waals surface area contributed by atoms with E-state index >= 15 is 0 Å². The molecular weight excluding hydrogens is 356 g/mol. The van der Waals surface area contributed by atoms with Crippen molar-refractivity contribution in [2.75, 3.05) is 53.5 Å². The van der Waals surface area contributed by atoms with Crippen molar-refractivity contribution in [1.29, 1.82) is 0 Å². The fourth-order valence-electron chi connectivity index (χ4n) is 5.27. The van der Waals surface area contributed by atoms with E-state index in [1.807, 2.05) is 18.4 Å². The summed E-state index contributed by atoms with van der Waals surface area (Å²) in [6.45, 7) is 6.32. The Morgan fingerprint density at radius 2 is 2.19 bits per heavy atom. The summed E-state index contributed by atoms with van der Waals surface area (Å²) < 4.78 is 5.59. The fraction of sp³-hybridized carbons (Fsp3) is 0.762. The van der Waals surface area contributed by atoms with Crippen LogP contribution in [0.5, 0.6) is 0 Å². The second kappa shape index (κ2) is 8.50. The summed E-state index contributed by atoms with van der Waals surface area (Å²) in [5.41, 5.74) is 0.459. The predicted octanol–water partition coefficient (Wildman–Crippen LogP) is 3.21. The second-order valence-corrected chi connectivity index (χ2v) is 9.53. The Morgan fingerprint density at radius 1 is 1.33 bits per heavy atom. The number of guanidine groups is 1. The van der Waals surface area contributed by atoms with Crippen LogP contribution in [0.25, 0.3) is 0 Å². The van der Waals surface area contributed by atoms with Gasteiger partial charge in [0.1, 0.15) is 0 Å². The highest BCUT2D eigenvalue weighted by atomic mass is 32.1. The minimum atomic E-state index is 0.459. The molecule has 6 heteroatoms. The van der Waals surface area contributed by atoms with Gasteiger partial charge in [-0.05, 0) is 68.5 Å². The van der Waals surface area contributed by atoms with E-state index in [1.54, 1.807) is 0 Å². The van der Waals surface area contributed by atoms with Crippen molar-refractivity contribution in [1.82, 2.24) is 15.1 Å². The lowest BCUT2D eigenvalue weighted by Crippen LogP contribution is -2.46. The average Bonchev–Trinajstić information content (AvgIpc) is 3.34. The molecule has 3 fully saturated rings. The van der Waals surface area contributed by atoms with E-state index in [0.717, 1.165) is 38.8 Å². The number of hydrogen-bond acceptors (Lipinski definition) is 4. The zero-order chi connectivity index (χ0) is 18.7. The number of ether oxygens (including phenoxy) is 1. The largest absolute Gasteiger partial charge is 0.381 e. The van der Waals surface area contributed by atoms with Gasteiger partial charge in [-0.25, -0.2) is 0 Å². The highest BCUT2D eigenvalue weighted by Gasteiger charge is 2.40. The summed E-state index contributed by atoms with van der Waals surface area (Å²) in [5, 5.41) is 5.95. The van der Waals surface area contributed by atoms with Gasteiger partial charge in [-0.3, -0.25) is 9.89 Å². The molecule has 0 amide bonds. The number of likely N-dealkylation sites (tertiary alicyclic amines) is 2. The van der Waals surface area contributed by atoms with Gasteiger partial charge in [0, 0.05) is 50.8 Å². The van der Waals surface area contributed by atoms with Gasteiger partial charge in [-0.15, -0.1) is 11.3 Å². The predicted molar refractivity (Wildman–Crippen MR) is 112 cm³/mol. The molecule has 0 radical (unpaired) electrons. The summed E-state index contributed by atoms with van der Waals surface area (Å²) in [5.74, 6) is 1.73. The first kappa shape index (κ1) is 19.2. The lowest BCUT2D eigenvalue weighted by Gasteiger charge is -2.39. The van der Waals surface area contributed by atoms with Crippen LogP contribution in [0.2, 0.25) is 0 Å². The number of nitrogens with zero attached hydrogens (tertiary/aromatic N) is 3. The van der Waals surface area contributed by atoms with E-state index in [1.165, 1.54) is 43.5 Å². The molecule has 27 heavy (non-hydrogen) atoms. The Balaban J connectivity index is 1.37. The molecule has 3 aliphatic heterocycles. The standard InChI is InChI=1S/C21H34N4OS/c1-22-20(25-11-7-21(16-25)8-12-26-13-9-21)23-15-17-5-3-10-24(2)19(17)18-6-4-14-27-18/h4,6,14,17,19H,3,5,7-13,15-16H2,1-2H3,(H,22,23). The van der Waals surface area contributed by atoms with E-state index in [2.05, 4.69) is 44.7 Å². The van der Waals surface area contributed by atoms with Crippen molar-refractivity contribution < 1.29 is 4.74 Å². The van der Waals surface area contributed by atoms with Crippen molar-refractivity contribution in [3.63, 3.8) is 0 Å². The zero-order valence-electron chi connectivity index (χ0n) is 16.8. The topological polar surface area (TPSA) is 40.1 Å². The zero-order valence-corrected chi connectivity index (χ0v) is 17.6. The SMILES string of the molecule is CN=C(NCC1CCCN(C)C1c1cccs1)N1CCC2(CCOCC2)C1. The summed E-state index contributed by atoms with van der Waals surface area (Å²) in [7, 11) is 4.21. The van der Waals surface area contributed by atoms with Crippen molar-refractivity contribution in [2.24, 2.45) is 16.3 Å². The Kier molecular flexibility index (Phi) is 6.05. The molecule has 0 saturated carbocycles. The number of aliphatic imine (C=N–C) groups is 1. The molecule has 0 aromatic carbocycles. The van der Waals surface area contributed by atoms with Crippen LogP contribution in [0.15, 0.2) is 22.5 Å². The van der Waals surface area contributed by atoms with Crippen molar-refractivity contribution >= 4 is 17.3 Å². The maximum atomic E-state index is 5.59. The van der Waals surface area contributed by atoms with Crippen LogP contribution >= 0.6 is 11.3 Å². The molecule has 3 aliphatic rings. The highest BCUT2D eigenvalue weighted by Crippen LogP contribution is 2.40. The minimum absolute atomic E-state index is 0.459. The molecule has 4 heterocycles. The van der Waals surface area contributed by atoms with Gasteiger partial charge in [0.25, 0.3) is 0 Å². The van der Waals surface area contributed by atoms with Gasteiger partial charge in [-0.1, -0.05) is 6.07 Å². The Bertz CT molecular complexity index is 626. The highest BCUT2D eigenvalue weighted by molar-refractivity contribution is 7.10. The molecule has 0 bridgehead atoms. The minimum Gasteiger partial charge on any atom is -0.381 e. The van der Waals surface area contributed by atoms with E-state index in [9.17, 15) is 0 Å². The van der Waals surface area contributed by atoms with E-state index in [-0.39, 0.29) is 0 Å². The van der Waals surface area contributed by atoms with Gasteiger partial charge in [0.15, 0.2) is 5.96 Å². The molecular formula is C21H34N4OS. The van der Waals surface area contributed by atoms with Gasteiger partial charge in [-0.2, -0.15) is 0 Å². The third-order valence-electron chi connectivity index (χ3n) is 6.87. The summed E-state index contributed by atoms with van der Waals surface area (Å²) >= 11 is 1.89. The van der Waals surface area contributed by atoms with Gasteiger partial charge in [0.2, 0.25) is 0 Å². The quantitative estimate of drug-likeness (QED) is 0.636. The average molecular weight is 391 g/mol.